The third-order valence-electron chi connectivity index (χ3n) is 3.43. The summed E-state index contributed by atoms with van der Waals surface area (Å²) >= 11 is 1.69. The monoisotopic (exact) mass is 301 g/mol. The van der Waals surface area contributed by atoms with Crippen molar-refractivity contribution in [1.82, 2.24) is 0 Å². The lowest BCUT2D eigenvalue weighted by atomic mass is 9.86. The van der Waals surface area contributed by atoms with E-state index in [9.17, 15) is 0 Å². The second kappa shape index (κ2) is 6.54. The van der Waals surface area contributed by atoms with Crippen molar-refractivity contribution in [2.24, 2.45) is 5.73 Å². The maximum Gasteiger partial charge on any atom is 0.133 e. The Kier molecular flexibility index (Phi) is 4.96. The van der Waals surface area contributed by atoms with Gasteiger partial charge in [0.25, 0.3) is 0 Å². The Morgan fingerprint density at radius 2 is 1.67 bits per heavy atom. The second-order valence-corrected chi connectivity index (χ2v) is 6.84. The van der Waals surface area contributed by atoms with E-state index in [0.717, 1.165) is 17.1 Å². The Hall–Kier alpha value is -1.45. The summed E-state index contributed by atoms with van der Waals surface area (Å²) in [6, 6.07) is 14.3. The third kappa shape index (κ3) is 3.60. The molecule has 0 heterocycles. The quantitative estimate of drug-likeness (QED) is 0.811. The van der Waals surface area contributed by atoms with Crippen molar-refractivity contribution >= 4 is 11.8 Å². The minimum absolute atomic E-state index is 0.0383. The van der Waals surface area contributed by atoms with Gasteiger partial charge in [-0.25, -0.2) is 0 Å². The first-order valence-corrected chi connectivity index (χ1v) is 8.33. The zero-order chi connectivity index (χ0) is 15.5. The molecule has 2 N–H and O–H groups in total. The Labute approximate surface area is 131 Å². The van der Waals surface area contributed by atoms with Gasteiger partial charge in [0.1, 0.15) is 11.5 Å². The number of ether oxygens (including phenoxy) is 1. The van der Waals surface area contributed by atoms with Crippen LogP contribution >= 0.6 is 11.8 Å². The molecule has 2 aromatic rings. The molecule has 0 fully saturated rings. The summed E-state index contributed by atoms with van der Waals surface area (Å²) in [5.41, 5.74) is 8.21. The number of rotatable bonds is 4. The van der Waals surface area contributed by atoms with E-state index in [2.05, 4.69) is 45.2 Å². The molecule has 0 aliphatic rings. The molecule has 0 aromatic heterocycles. The van der Waals surface area contributed by atoms with Crippen LogP contribution in [0, 0.1) is 0 Å². The predicted molar refractivity (Wildman–Crippen MR) is 91.3 cm³/mol. The highest BCUT2D eigenvalue weighted by Gasteiger charge is 2.19. The van der Waals surface area contributed by atoms with Crippen LogP contribution in [-0.2, 0) is 12.0 Å². The van der Waals surface area contributed by atoms with Crippen LogP contribution in [0.15, 0.2) is 47.4 Å². The van der Waals surface area contributed by atoms with Gasteiger partial charge in [0.2, 0.25) is 0 Å². The average Bonchev–Trinajstić information content (AvgIpc) is 2.46. The zero-order valence-electron chi connectivity index (χ0n) is 13.1. The van der Waals surface area contributed by atoms with Crippen molar-refractivity contribution in [1.29, 1.82) is 0 Å². The molecule has 0 saturated heterocycles. The Morgan fingerprint density at radius 1 is 1.00 bits per heavy atom. The van der Waals surface area contributed by atoms with Crippen LogP contribution in [0.25, 0.3) is 0 Å². The average molecular weight is 301 g/mol. The topological polar surface area (TPSA) is 35.2 Å². The van der Waals surface area contributed by atoms with Gasteiger partial charge in [0.15, 0.2) is 0 Å². The summed E-state index contributed by atoms with van der Waals surface area (Å²) in [7, 11) is 0. The van der Waals surface area contributed by atoms with Gasteiger partial charge >= 0.3 is 0 Å². The van der Waals surface area contributed by atoms with Gasteiger partial charge in [0.05, 0.1) is 0 Å². The highest BCUT2D eigenvalue weighted by atomic mass is 32.2. The molecular formula is C18H23NOS. The zero-order valence-corrected chi connectivity index (χ0v) is 14.0. The Morgan fingerprint density at radius 3 is 2.29 bits per heavy atom. The molecule has 0 atom stereocenters. The van der Waals surface area contributed by atoms with E-state index < -0.39 is 0 Å². The molecule has 21 heavy (non-hydrogen) atoms. The van der Waals surface area contributed by atoms with E-state index in [1.807, 2.05) is 24.3 Å². The van der Waals surface area contributed by atoms with E-state index in [1.165, 1.54) is 10.5 Å². The minimum Gasteiger partial charge on any atom is -0.457 e. The normalized spacial score (nSPS) is 11.5. The highest BCUT2D eigenvalue weighted by molar-refractivity contribution is 7.98. The van der Waals surface area contributed by atoms with E-state index in [4.69, 9.17) is 10.5 Å². The van der Waals surface area contributed by atoms with Crippen molar-refractivity contribution in [2.75, 3.05) is 6.26 Å². The summed E-state index contributed by atoms with van der Waals surface area (Å²) in [6.45, 7) is 7.05. The first kappa shape index (κ1) is 15.9. The van der Waals surface area contributed by atoms with Crippen LogP contribution in [0.1, 0.15) is 31.9 Å². The molecule has 0 aliphatic carbocycles. The maximum absolute atomic E-state index is 6.21. The fourth-order valence-electron chi connectivity index (χ4n) is 2.33. The Balaban J connectivity index is 2.44. The number of hydrogen-bond donors (Lipinski definition) is 1. The number of hydrogen-bond acceptors (Lipinski definition) is 3. The van der Waals surface area contributed by atoms with Gasteiger partial charge < -0.3 is 10.5 Å². The summed E-state index contributed by atoms with van der Waals surface area (Å²) in [6.07, 6.45) is 2.06. The van der Waals surface area contributed by atoms with E-state index >= 15 is 0 Å². The molecule has 0 spiro atoms. The van der Waals surface area contributed by atoms with E-state index in [-0.39, 0.29) is 5.41 Å². The fraction of sp³-hybridized carbons (Fsp3) is 0.333. The lowest BCUT2D eigenvalue weighted by Crippen LogP contribution is -2.12. The van der Waals surface area contributed by atoms with Crippen LogP contribution in [-0.4, -0.2) is 6.26 Å². The number of nitrogens with two attached hydrogens (primary N) is 1. The summed E-state index contributed by atoms with van der Waals surface area (Å²) < 4.78 is 6.21. The van der Waals surface area contributed by atoms with Crippen LogP contribution in [0.4, 0.5) is 0 Å². The SMILES string of the molecule is CSc1cccc(Oc2ccccc2C(C)(C)C)c1CN. The molecule has 0 saturated carbocycles. The molecule has 2 rings (SSSR count). The molecule has 0 unspecified atom stereocenters. The highest BCUT2D eigenvalue weighted by Crippen LogP contribution is 2.36. The first-order valence-electron chi connectivity index (χ1n) is 7.10. The van der Waals surface area contributed by atoms with Crippen molar-refractivity contribution in [3.63, 3.8) is 0 Å². The number of para-hydroxylation sites is 1. The molecule has 2 aromatic carbocycles. The lowest BCUT2D eigenvalue weighted by molar-refractivity contribution is 0.449. The van der Waals surface area contributed by atoms with Gasteiger partial charge in [0, 0.05) is 22.6 Å². The first-order chi connectivity index (χ1) is 9.97. The van der Waals surface area contributed by atoms with Crippen LogP contribution in [0.2, 0.25) is 0 Å². The fourth-order valence-corrected chi connectivity index (χ4v) is 2.97. The summed E-state index contributed by atoms with van der Waals surface area (Å²) in [4.78, 5) is 1.17. The molecule has 0 radical (unpaired) electrons. The van der Waals surface area contributed by atoms with Crippen molar-refractivity contribution < 1.29 is 4.74 Å². The lowest BCUT2D eigenvalue weighted by Gasteiger charge is -2.23. The third-order valence-corrected chi connectivity index (χ3v) is 4.25. The molecule has 0 amide bonds. The molecule has 0 aliphatic heterocycles. The molecular weight excluding hydrogens is 278 g/mol. The summed E-state index contributed by atoms with van der Waals surface area (Å²) in [5, 5.41) is 0. The molecule has 112 valence electrons. The number of thioether (sulfide) groups is 1. The van der Waals surface area contributed by atoms with Crippen LogP contribution in [0.5, 0.6) is 11.5 Å². The largest absolute Gasteiger partial charge is 0.457 e. The molecule has 2 nitrogen and oxygen atoms in total. The van der Waals surface area contributed by atoms with Gasteiger partial charge in [-0.15, -0.1) is 11.8 Å². The van der Waals surface area contributed by atoms with Crippen molar-refractivity contribution in [3.05, 3.63) is 53.6 Å². The van der Waals surface area contributed by atoms with Crippen molar-refractivity contribution in [3.8, 4) is 11.5 Å². The maximum atomic E-state index is 6.21. The Bertz CT molecular complexity index is 617. The minimum atomic E-state index is 0.0383. The second-order valence-electron chi connectivity index (χ2n) is 5.99. The van der Waals surface area contributed by atoms with Crippen LogP contribution < -0.4 is 10.5 Å². The molecule has 3 heteroatoms. The predicted octanol–water partition coefficient (Wildman–Crippen LogP) is 4.96. The standard InChI is InChI=1S/C18H23NOS/c1-18(2,3)14-8-5-6-9-16(14)20-15-10-7-11-17(21-4)13(15)12-19/h5-11H,12,19H2,1-4H3. The van der Waals surface area contributed by atoms with Gasteiger partial charge in [-0.2, -0.15) is 0 Å². The van der Waals surface area contributed by atoms with Crippen LogP contribution in [0.3, 0.4) is 0 Å². The van der Waals surface area contributed by atoms with Gasteiger partial charge in [-0.3, -0.25) is 0 Å². The number of benzene rings is 2. The summed E-state index contributed by atoms with van der Waals surface area (Å²) in [5.74, 6) is 1.75. The molecule has 0 bridgehead atoms. The smallest absolute Gasteiger partial charge is 0.133 e. The van der Waals surface area contributed by atoms with E-state index in [0.29, 0.717) is 6.54 Å². The van der Waals surface area contributed by atoms with Gasteiger partial charge in [-0.1, -0.05) is 45.0 Å². The van der Waals surface area contributed by atoms with E-state index in [1.54, 1.807) is 11.8 Å². The van der Waals surface area contributed by atoms with Gasteiger partial charge in [-0.05, 0) is 29.9 Å². The van der Waals surface area contributed by atoms with Crippen molar-refractivity contribution in [2.45, 2.75) is 37.6 Å².